The minimum absolute atomic E-state index is 0.00575. The molecule has 0 bridgehead atoms. The van der Waals surface area contributed by atoms with Crippen molar-refractivity contribution in [2.75, 3.05) is 39.8 Å². The van der Waals surface area contributed by atoms with Crippen LogP contribution in [0.3, 0.4) is 0 Å². The molecule has 1 aromatic carbocycles. The number of carbonyl (C=O) groups is 2. The molecule has 1 unspecified atom stereocenters. The van der Waals surface area contributed by atoms with Crippen molar-refractivity contribution in [2.24, 2.45) is 0 Å². The lowest BCUT2D eigenvalue weighted by Crippen LogP contribution is -2.54. The minimum Gasteiger partial charge on any atom is -0.380 e. The average Bonchev–Trinajstić information content (AvgIpc) is 3.46. The summed E-state index contributed by atoms with van der Waals surface area (Å²) < 4.78 is 10.9. The van der Waals surface area contributed by atoms with E-state index < -0.39 is 6.04 Å². The van der Waals surface area contributed by atoms with Crippen molar-refractivity contribution < 1.29 is 18.8 Å². The molecule has 4 rings (SSSR count). The van der Waals surface area contributed by atoms with Gasteiger partial charge >= 0.3 is 0 Å². The first-order chi connectivity index (χ1) is 15.0. The van der Waals surface area contributed by atoms with Crippen LogP contribution in [0.1, 0.15) is 32.2 Å². The highest BCUT2D eigenvalue weighted by molar-refractivity contribution is 5.87. The Morgan fingerprint density at radius 3 is 2.52 bits per heavy atom. The van der Waals surface area contributed by atoms with Gasteiger partial charge in [0.25, 0.3) is 0 Å². The summed E-state index contributed by atoms with van der Waals surface area (Å²) in [4.78, 5) is 35.4. The zero-order valence-corrected chi connectivity index (χ0v) is 18.2. The van der Waals surface area contributed by atoms with Crippen molar-refractivity contribution in [3.8, 4) is 11.4 Å². The highest BCUT2D eigenvalue weighted by atomic mass is 16.5. The van der Waals surface area contributed by atoms with Gasteiger partial charge in [-0.05, 0) is 6.92 Å². The molecule has 31 heavy (non-hydrogen) atoms. The number of rotatable bonds is 5. The third-order valence-corrected chi connectivity index (χ3v) is 6.29. The predicted molar refractivity (Wildman–Crippen MR) is 113 cm³/mol. The fraction of sp³-hybridized carbons (Fsp3) is 0.545. The Bertz CT molecular complexity index is 910. The van der Waals surface area contributed by atoms with Crippen LogP contribution >= 0.6 is 0 Å². The first-order valence-corrected chi connectivity index (χ1v) is 10.7. The Labute approximate surface area is 181 Å². The molecule has 0 radical (unpaired) electrons. The van der Waals surface area contributed by atoms with E-state index in [1.807, 2.05) is 42.2 Å². The Kier molecular flexibility index (Phi) is 6.33. The Balaban J connectivity index is 1.36. The lowest BCUT2D eigenvalue weighted by Gasteiger charge is -2.38. The third-order valence-electron chi connectivity index (χ3n) is 6.29. The second kappa shape index (κ2) is 9.15. The first kappa shape index (κ1) is 21.5. The summed E-state index contributed by atoms with van der Waals surface area (Å²) in [5, 5.41) is 4.11. The summed E-state index contributed by atoms with van der Waals surface area (Å²) >= 11 is 0. The van der Waals surface area contributed by atoms with Crippen molar-refractivity contribution in [3.63, 3.8) is 0 Å². The Morgan fingerprint density at radius 1 is 1.16 bits per heavy atom. The topological polar surface area (TPSA) is 92.0 Å². The van der Waals surface area contributed by atoms with E-state index in [2.05, 4.69) is 15.0 Å². The molecule has 2 aliphatic rings. The van der Waals surface area contributed by atoms with E-state index in [9.17, 15) is 9.59 Å². The third kappa shape index (κ3) is 4.47. The monoisotopic (exact) mass is 427 g/mol. The van der Waals surface area contributed by atoms with Crippen LogP contribution in [-0.2, 0) is 14.3 Å². The number of nitrogens with zero attached hydrogens (tertiary/aromatic N) is 5. The maximum Gasteiger partial charge on any atom is 0.245 e. The summed E-state index contributed by atoms with van der Waals surface area (Å²) in [5.41, 5.74) is 0.918. The van der Waals surface area contributed by atoms with Gasteiger partial charge in [-0.1, -0.05) is 35.5 Å². The van der Waals surface area contributed by atoms with Crippen molar-refractivity contribution in [1.82, 2.24) is 24.8 Å². The lowest BCUT2D eigenvalue weighted by molar-refractivity contribution is -0.144. The largest absolute Gasteiger partial charge is 0.380 e. The molecular weight excluding hydrogens is 398 g/mol. The quantitative estimate of drug-likeness (QED) is 0.715. The highest BCUT2D eigenvalue weighted by Gasteiger charge is 2.41. The molecule has 166 valence electrons. The van der Waals surface area contributed by atoms with Gasteiger partial charge in [-0.2, -0.15) is 4.98 Å². The van der Waals surface area contributed by atoms with Gasteiger partial charge in [0.1, 0.15) is 6.04 Å². The van der Waals surface area contributed by atoms with Crippen LogP contribution in [0.4, 0.5) is 0 Å². The van der Waals surface area contributed by atoms with E-state index in [0.717, 1.165) is 5.56 Å². The van der Waals surface area contributed by atoms with E-state index in [-0.39, 0.29) is 24.0 Å². The molecule has 9 heteroatoms. The van der Waals surface area contributed by atoms with Gasteiger partial charge in [-0.3, -0.25) is 14.5 Å². The van der Waals surface area contributed by atoms with Gasteiger partial charge in [-0.15, -0.1) is 0 Å². The lowest BCUT2D eigenvalue weighted by atomic mass is 10.1. The molecule has 2 aliphatic heterocycles. The molecule has 2 fully saturated rings. The van der Waals surface area contributed by atoms with E-state index in [4.69, 9.17) is 9.26 Å². The van der Waals surface area contributed by atoms with Gasteiger partial charge in [0, 0.05) is 58.7 Å². The summed E-state index contributed by atoms with van der Waals surface area (Å²) in [7, 11) is 1.62. The van der Waals surface area contributed by atoms with Crippen molar-refractivity contribution in [1.29, 1.82) is 0 Å². The van der Waals surface area contributed by atoms with E-state index >= 15 is 0 Å². The molecule has 0 saturated carbocycles. The van der Waals surface area contributed by atoms with Gasteiger partial charge in [0.15, 0.2) is 0 Å². The van der Waals surface area contributed by atoms with Crippen LogP contribution in [0.2, 0.25) is 0 Å². The number of aromatic nitrogens is 2. The fourth-order valence-electron chi connectivity index (χ4n) is 4.36. The number of benzene rings is 1. The highest BCUT2D eigenvalue weighted by Crippen LogP contribution is 2.26. The van der Waals surface area contributed by atoms with Crippen LogP contribution in [0.25, 0.3) is 11.4 Å². The van der Waals surface area contributed by atoms with Crippen LogP contribution in [0, 0.1) is 0 Å². The van der Waals surface area contributed by atoms with E-state index in [1.165, 1.54) is 6.92 Å². The molecule has 0 aliphatic carbocycles. The van der Waals surface area contributed by atoms with Gasteiger partial charge in [0.2, 0.25) is 23.5 Å². The zero-order chi connectivity index (χ0) is 22.0. The fourth-order valence-corrected chi connectivity index (χ4v) is 4.36. The number of carbonyl (C=O) groups excluding carboxylic acids is 2. The Morgan fingerprint density at radius 2 is 1.87 bits per heavy atom. The summed E-state index contributed by atoms with van der Waals surface area (Å²) in [6, 6.07) is 9.26. The van der Waals surface area contributed by atoms with Crippen molar-refractivity contribution in [3.05, 3.63) is 36.2 Å². The normalized spacial score (nSPS) is 23.2. The molecule has 0 spiro atoms. The van der Waals surface area contributed by atoms with Crippen LogP contribution in [0.15, 0.2) is 34.9 Å². The average molecular weight is 428 g/mol. The molecule has 9 nitrogen and oxygen atoms in total. The minimum atomic E-state index is -0.434. The van der Waals surface area contributed by atoms with Crippen molar-refractivity contribution in [2.45, 2.75) is 38.5 Å². The maximum absolute atomic E-state index is 13.1. The molecule has 3 atom stereocenters. The Hall–Kier alpha value is -2.78. The molecule has 0 N–H and O–H groups in total. The molecule has 3 heterocycles. The second-order valence-corrected chi connectivity index (χ2v) is 8.14. The second-order valence-electron chi connectivity index (χ2n) is 8.14. The zero-order valence-electron chi connectivity index (χ0n) is 18.2. The summed E-state index contributed by atoms with van der Waals surface area (Å²) in [6.45, 7) is 6.63. The number of ether oxygens (including phenoxy) is 1. The van der Waals surface area contributed by atoms with Crippen LogP contribution < -0.4 is 0 Å². The van der Waals surface area contributed by atoms with Gasteiger partial charge in [0.05, 0.1) is 12.1 Å². The van der Waals surface area contributed by atoms with Crippen molar-refractivity contribution >= 4 is 11.8 Å². The first-order valence-electron chi connectivity index (χ1n) is 10.7. The standard InChI is InChI=1S/C22H29N5O4/c1-15(21-23-20(24-31-21)17-7-5-4-6-8-17)25-9-11-26(12-10-25)22(29)19-13-18(30-3)14-27(19)16(2)28/h4-8,15,18-19H,9-14H2,1-3H3/t15?,18-,19+/m0/s1. The SMILES string of the molecule is CO[C@H]1C[C@H](C(=O)N2CCN(C(C)c3nc(-c4ccccc4)no3)CC2)N(C(C)=O)C1. The van der Waals surface area contributed by atoms with E-state index in [0.29, 0.717) is 50.9 Å². The smallest absolute Gasteiger partial charge is 0.245 e. The van der Waals surface area contributed by atoms with Gasteiger partial charge in [-0.25, -0.2) is 0 Å². The molecular formula is C22H29N5O4. The number of likely N-dealkylation sites (tertiary alicyclic amines) is 1. The molecule has 2 saturated heterocycles. The summed E-state index contributed by atoms with van der Waals surface area (Å²) in [6.07, 6.45) is 0.464. The van der Waals surface area contributed by atoms with Gasteiger partial charge < -0.3 is 19.1 Å². The molecule has 2 amide bonds. The van der Waals surface area contributed by atoms with E-state index in [1.54, 1.807) is 12.0 Å². The number of hydrogen-bond acceptors (Lipinski definition) is 7. The molecule has 2 aromatic rings. The predicted octanol–water partition coefficient (Wildman–Crippen LogP) is 1.58. The van der Waals surface area contributed by atoms with Crippen LogP contribution in [0.5, 0.6) is 0 Å². The summed E-state index contributed by atoms with van der Waals surface area (Å²) in [5.74, 6) is 1.07. The number of methoxy groups -OCH3 is 1. The number of hydrogen-bond donors (Lipinski definition) is 0. The maximum atomic E-state index is 13.1. The molecule has 1 aromatic heterocycles. The number of piperazine rings is 1. The van der Waals surface area contributed by atoms with Crippen LogP contribution in [-0.4, -0.2) is 88.6 Å². The number of amides is 2.